The summed E-state index contributed by atoms with van der Waals surface area (Å²) in [5.41, 5.74) is 3.45. The molecule has 0 unspecified atom stereocenters. The second-order valence-electron chi connectivity index (χ2n) is 6.65. The summed E-state index contributed by atoms with van der Waals surface area (Å²) in [5, 5.41) is 8.68. The van der Waals surface area contributed by atoms with Crippen LogP contribution in [0.1, 0.15) is 0 Å². The van der Waals surface area contributed by atoms with Crippen LogP contribution in [0.4, 0.5) is 0 Å². The molecule has 8 nitrogen and oxygen atoms in total. The van der Waals surface area contributed by atoms with Gasteiger partial charge >= 0.3 is 0 Å². The molecule has 160 valence electrons. The molecule has 4 rings (SSSR count). The molecule has 31 heavy (non-hydrogen) atoms. The monoisotopic (exact) mass is 421 g/mol. The largest absolute Gasteiger partial charge is 0.493 e. The molecule has 0 aliphatic heterocycles. The van der Waals surface area contributed by atoms with E-state index in [2.05, 4.69) is 10.2 Å². The number of methoxy groups -OCH3 is 5. The topological polar surface area (TPSA) is 76.3 Å². The van der Waals surface area contributed by atoms with Crippen LogP contribution in [0.25, 0.3) is 28.2 Å². The maximum atomic E-state index is 5.48. The second-order valence-corrected chi connectivity index (χ2v) is 6.65. The first kappa shape index (κ1) is 20.3. The van der Waals surface area contributed by atoms with Crippen LogP contribution in [-0.4, -0.2) is 50.1 Å². The Balaban J connectivity index is 1.85. The van der Waals surface area contributed by atoms with Crippen molar-refractivity contribution in [3.63, 3.8) is 0 Å². The number of hydrogen-bond acceptors (Lipinski definition) is 7. The van der Waals surface area contributed by atoms with Crippen molar-refractivity contribution >= 4 is 5.65 Å². The smallest absolute Gasteiger partial charge is 0.203 e. The molecule has 0 amide bonds. The predicted octanol–water partition coefficient (Wildman–Crippen LogP) is 4.11. The zero-order valence-corrected chi connectivity index (χ0v) is 18.0. The summed E-state index contributed by atoms with van der Waals surface area (Å²) in [6, 6.07) is 13.4. The maximum Gasteiger partial charge on any atom is 0.203 e. The van der Waals surface area contributed by atoms with Crippen molar-refractivity contribution in [1.82, 2.24) is 14.6 Å². The number of benzene rings is 2. The van der Waals surface area contributed by atoms with E-state index in [1.165, 1.54) is 0 Å². The standard InChI is InChI=1S/C23H23N3O5/c1-27-17-8-6-14(10-18(17)28-2)15-7-9-21-24-25-23(26(21)13-15)16-11-19(29-3)22(31-5)20(12-16)30-4/h6-13H,1-5H3. The number of ether oxygens (including phenoxy) is 5. The van der Waals surface area contributed by atoms with Gasteiger partial charge in [0.15, 0.2) is 34.5 Å². The Hall–Kier alpha value is -3.94. The molecule has 0 atom stereocenters. The van der Waals surface area contributed by atoms with Gasteiger partial charge in [-0.2, -0.15) is 0 Å². The predicted molar refractivity (Wildman–Crippen MR) is 117 cm³/mol. The third-order valence-electron chi connectivity index (χ3n) is 5.04. The van der Waals surface area contributed by atoms with E-state index in [0.717, 1.165) is 16.7 Å². The maximum absolute atomic E-state index is 5.48. The Kier molecular flexibility index (Phi) is 5.53. The third kappa shape index (κ3) is 3.56. The molecule has 0 radical (unpaired) electrons. The van der Waals surface area contributed by atoms with Gasteiger partial charge in [-0.15, -0.1) is 10.2 Å². The Labute approximate surface area is 179 Å². The number of hydrogen-bond donors (Lipinski definition) is 0. The van der Waals surface area contributed by atoms with Gasteiger partial charge in [0.05, 0.1) is 35.5 Å². The summed E-state index contributed by atoms with van der Waals surface area (Å²) in [6.07, 6.45) is 1.98. The molecule has 2 aromatic heterocycles. The second kappa shape index (κ2) is 8.43. The lowest BCUT2D eigenvalue weighted by molar-refractivity contribution is 0.324. The summed E-state index contributed by atoms with van der Waals surface area (Å²) < 4.78 is 29.1. The van der Waals surface area contributed by atoms with Crippen molar-refractivity contribution in [2.24, 2.45) is 0 Å². The highest BCUT2D eigenvalue weighted by Gasteiger charge is 2.18. The van der Waals surface area contributed by atoms with Gasteiger partial charge < -0.3 is 23.7 Å². The Bertz CT molecular complexity index is 1210. The average Bonchev–Trinajstić information content (AvgIpc) is 3.25. The van der Waals surface area contributed by atoms with E-state index in [9.17, 15) is 0 Å². The first-order valence-electron chi connectivity index (χ1n) is 9.51. The van der Waals surface area contributed by atoms with Gasteiger partial charge in [0.1, 0.15) is 0 Å². The quantitative estimate of drug-likeness (QED) is 0.444. The van der Waals surface area contributed by atoms with Crippen LogP contribution in [0.2, 0.25) is 0 Å². The fourth-order valence-corrected chi connectivity index (χ4v) is 3.48. The van der Waals surface area contributed by atoms with Crippen molar-refractivity contribution in [2.45, 2.75) is 0 Å². The van der Waals surface area contributed by atoms with Gasteiger partial charge in [0.25, 0.3) is 0 Å². The van der Waals surface area contributed by atoms with Crippen LogP contribution in [-0.2, 0) is 0 Å². The number of fused-ring (bicyclic) bond motifs is 1. The summed E-state index contributed by atoms with van der Waals surface area (Å²) in [4.78, 5) is 0. The van der Waals surface area contributed by atoms with Gasteiger partial charge in [-0.3, -0.25) is 4.40 Å². The van der Waals surface area contributed by atoms with Gasteiger partial charge in [0.2, 0.25) is 5.75 Å². The molecule has 4 aromatic rings. The zero-order chi connectivity index (χ0) is 22.0. The van der Waals surface area contributed by atoms with Gasteiger partial charge in [0, 0.05) is 11.8 Å². The summed E-state index contributed by atoms with van der Waals surface area (Å²) in [5.74, 6) is 3.60. The molecule has 0 aliphatic carbocycles. The third-order valence-corrected chi connectivity index (χ3v) is 5.04. The molecule has 0 aliphatic rings. The van der Waals surface area contributed by atoms with Crippen molar-refractivity contribution in [3.05, 3.63) is 48.7 Å². The van der Waals surface area contributed by atoms with Crippen molar-refractivity contribution in [3.8, 4) is 51.3 Å². The number of nitrogens with zero attached hydrogens (tertiary/aromatic N) is 3. The SMILES string of the molecule is COc1ccc(-c2ccc3nnc(-c4cc(OC)c(OC)c(OC)c4)n3c2)cc1OC. The lowest BCUT2D eigenvalue weighted by Gasteiger charge is -2.14. The van der Waals surface area contributed by atoms with E-state index >= 15 is 0 Å². The molecule has 8 heteroatoms. The van der Waals surface area contributed by atoms with Crippen LogP contribution >= 0.6 is 0 Å². The molecule has 0 spiro atoms. The van der Waals surface area contributed by atoms with Crippen LogP contribution in [0.3, 0.4) is 0 Å². The molecule has 2 aromatic carbocycles. The lowest BCUT2D eigenvalue weighted by Crippen LogP contribution is -1.97. The number of rotatable bonds is 7. The zero-order valence-electron chi connectivity index (χ0n) is 18.0. The lowest BCUT2D eigenvalue weighted by atomic mass is 10.1. The van der Waals surface area contributed by atoms with E-state index in [1.54, 1.807) is 35.5 Å². The molecule has 0 N–H and O–H groups in total. The van der Waals surface area contributed by atoms with E-state index in [4.69, 9.17) is 23.7 Å². The summed E-state index contributed by atoms with van der Waals surface area (Å²) in [7, 11) is 7.97. The van der Waals surface area contributed by atoms with Crippen molar-refractivity contribution < 1.29 is 23.7 Å². The van der Waals surface area contributed by atoms with Crippen LogP contribution in [0.15, 0.2) is 48.7 Å². The van der Waals surface area contributed by atoms with Crippen LogP contribution in [0, 0.1) is 0 Å². The molecule has 0 bridgehead atoms. The minimum atomic E-state index is 0.522. The van der Waals surface area contributed by atoms with Gasteiger partial charge in [-0.1, -0.05) is 6.07 Å². The van der Waals surface area contributed by atoms with E-state index in [1.807, 2.05) is 53.1 Å². The minimum Gasteiger partial charge on any atom is -0.493 e. The highest BCUT2D eigenvalue weighted by atomic mass is 16.5. The summed E-state index contributed by atoms with van der Waals surface area (Å²) in [6.45, 7) is 0. The van der Waals surface area contributed by atoms with Crippen molar-refractivity contribution in [1.29, 1.82) is 0 Å². The molecule has 0 saturated carbocycles. The fraction of sp³-hybridized carbons (Fsp3) is 0.217. The molecule has 0 fully saturated rings. The highest BCUT2D eigenvalue weighted by Crippen LogP contribution is 2.41. The fourth-order valence-electron chi connectivity index (χ4n) is 3.48. The minimum absolute atomic E-state index is 0.522. The Morgan fingerprint density at radius 1 is 0.581 bits per heavy atom. The first-order valence-corrected chi connectivity index (χ1v) is 9.51. The van der Waals surface area contributed by atoms with Gasteiger partial charge in [-0.05, 0) is 47.5 Å². The Morgan fingerprint density at radius 3 is 1.81 bits per heavy atom. The van der Waals surface area contributed by atoms with Crippen LogP contribution in [0.5, 0.6) is 28.7 Å². The Morgan fingerprint density at radius 2 is 1.19 bits per heavy atom. The molecular formula is C23H23N3O5. The average molecular weight is 421 g/mol. The molecular weight excluding hydrogens is 398 g/mol. The molecule has 0 saturated heterocycles. The highest BCUT2D eigenvalue weighted by molar-refractivity contribution is 5.72. The number of aromatic nitrogens is 3. The van der Waals surface area contributed by atoms with E-state index in [0.29, 0.717) is 40.2 Å². The first-order chi connectivity index (χ1) is 15.1. The van der Waals surface area contributed by atoms with Gasteiger partial charge in [-0.25, -0.2) is 0 Å². The number of pyridine rings is 1. The van der Waals surface area contributed by atoms with Crippen LogP contribution < -0.4 is 23.7 Å². The normalized spacial score (nSPS) is 10.7. The van der Waals surface area contributed by atoms with E-state index in [-0.39, 0.29) is 0 Å². The van der Waals surface area contributed by atoms with Crippen molar-refractivity contribution in [2.75, 3.05) is 35.5 Å². The molecule has 2 heterocycles. The van der Waals surface area contributed by atoms with E-state index < -0.39 is 0 Å². The summed E-state index contributed by atoms with van der Waals surface area (Å²) >= 11 is 0.